The summed E-state index contributed by atoms with van der Waals surface area (Å²) >= 11 is 0. The summed E-state index contributed by atoms with van der Waals surface area (Å²) in [6.07, 6.45) is 0. The maximum Gasteiger partial charge on any atom is 0.290 e. The second-order valence-corrected chi connectivity index (χ2v) is 4.81. The lowest BCUT2D eigenvalue weighted by atomic mass is 9.97. The Morgan fingerprint density at radius 2 is 1.90 bits per heavy atom. The molecule has 1 atom stereocenters. The van der Waals surface area contributed by atoms with Crippen LogP contribution in [0.2, 0.25) is 0 Å². The summed E-state index contributed by atoms with van der Waals surface area (Å²) in [5.41, 5.74) is -0.219. The van der Waals surface area contributed by atoms with Crippen LogP contribution in [0.1, 0.15) is 11.6 Å². The second-order valence-electron chi connectivity index (χ2n) is 4.81. The summed E-state index contributed by atoms with van der Waals surface area (Å²) in [6, 6.07) is 1.56. The van der Waals surface area contributed by atoms with Gasteiger partial charge in [0.05, 0.1) is 0 Å². The van der Waals surface area contributed by atoms with Crippen molar-refractivity contribution in [2.75, 3.05) is 32.8 Å². The Hall–Kier alpha value is -1.02. The SMILES string of the molecule is Cl.OCC(F)(F)[C@H](c1ccc(O)cc1F)N1CCNCC1. The highest BCUT2D eigenvalue weighted by molar-refractivity contribution is 5.85. The van der Waals surface area contributed by atoms with E-state index in [1.54, 1.807) is 0 Å². The number of hydrogen-bond acceptors (Lipinski definition) is 4. The van der Waals surface area contributed by atoms with Crippen LogP contribution in [-0.2, 0) is 0 Å². The minimum Gasteiger partial charge on any atom is -0.508 e. The van der Waals surface area contributed by atoms with Gasteiger partial charge in [-0.15, -0.1) is 12.4 Å². The van der Waals surface area contributed by atoms with Gasteiger partial charge >= 0.3 is 0 Å². The van der Waals surface area contributed by atoms with Crippen LogP contribution in [-0.4, -0.2) is 53.8 Å². The molecule has 1 aromatic carbocycles. The molecule has 3 N–H and O–H groups in total. The highest BCUT2D eigenvalue weighted by atomic mass is 35.5. The maximum absolute atomic E-state index is 14.0. The summed E-state index contributed by atoms with van der Waals surface area (Å²) in [7, 11) is 0. The highest BCUT2D eigenvalue weighted by Gasteiger charge is 2.45. The third kappa shape index (κ3) is 4.00. The molecule has 21 heavy (non-hydrogen) atoms. The van der Waals surface area contributed by atoms with Crippen LogP contribution in [0.5, 0.6) is 5.75 Å². The van der Waals surface area contributed by atoms with Crippen molar-refractivity contribution in [2.24, 2.45) is 0 Å². The largest absolute Gasteiger partial charge is 0.508 e. The number of alkyl halides is 2. The molecule has 1 fully saturated rings. The van der Waals surface area contributed by atoms with E-state index < -0.39 is 24.4 Å². The standard InChI is InChI=1S/C13H17F3N2O2.ClH/c14-11-7-9(20)1-2-10(11)12(13(15,16)8-19)18-5-3-17-4-6-18;/h1-2,7,12,17,19-20H,3-6,8H2;1H/t12-;/m0./s1. The van der Waals surface area contributed by atoms with Gasteiger partial charge in [0.15, 0.2) is 0 Å². The van der Waals surface area contributed by atoms with E-state index in [2.05, 4.69) is 5.32 Å². The van der Waals surface area contributed by atoms with Crippen molar-refractivity contribution in [1.82, 2.24) is 10.2 Å². The molecule has 2 rings (SSSR count). The van der Waals surface area contributed by atoms with E-state index in [4.69, 9.17) is 5.11 Å². The van der Waals surface area contributed by atoms with Gasteiger partial charge in [-0.25, -0.2) is 13.2 Å². The van der Waals surface area contributed by atoms with Crippen molar-refractivity contribution < 1.29 is 23.4 Å². The van der Waals surface area contributed by atoms with E-state index in [9.17, 15) is 18.3 Å². The third-order valence-electron chi connectivity index (χ3n) is 3.41. The zero-order valence-electron chi connectivity index (χ0n) is 11.2. The summed E-state index contributed by atoms with van der Waals surface area (Å²) in [4.78, 5) is 1.45. The molecule has 1 aliphatic rings. The fourth-order valence-corrected chi connectivity index (χ4v) is 2.46. The molecule has 1 heterocycles. The van der Waals surface area contributed by atoms with E-state index in [0.717, 1.165) is 12.1 Å². The van der Waals surface area contributed by atoms with E-state index in [1.807, 2.05) is 0 Å². The Morgan fingerprint density at radius 1 is 1.29 bits per heavy atom. The average Bonchev–Trinajstić information content (AvgIpc) is 2.43. The molecular formula is C13H18ClF3N2O2. The number of aliphatic hydroxyl groups excluding tert-OH is 1. The first-order chi connectivity index (χ1) is 9.45. The van der Waals surface area contributed by atoms with Crippen LogP contribution in [0.3, 0.4) is 0 Å². The first-order valence-electron chi connectivity index (χ1n) is 6.37. The first kappa shape index (κ1) is 18.0. The number of aromatic hydroxyl groups is 1. The molecule has 8 heteroatoms. The number of phenolic OH excluding ortho intramolecular Hbond substituents is 1. The van der Waals surface area contributed by atoms with Crippen molar-refractivity contribution in [3.8, 4) is 5.75 Å². The Balaban J connectivity index is 0.00000220. The predicted octanol–water partition coefficient (Wildman–Crippen LogP) is 1.53. The number of hydrogen-bond donors (Lipinski definition) is 3. The summed E-state index contributed by atoms with van der Waals surface area (Å²) in [5, 5.41) is 21.2. The van der Waals surface area contributed by atoms with Crippen molar-refractivity contribution in [3.05, 3.63) is 29.6 Å². The summed E-state index contributed by atoms with van der Waals surface area (Å²) in [6.45, 7) is 0.360. The lowest BCUT2D eigenvalue weighted by molar-refractivity contribution is -0.119. The Bertz CT molecular complexity index is 471. The molecule has 1 aliphatic heterocycles. The normalized spacial score (nSPS) is 18.1. The number of nitrogens with zero attached hydrogens (tertiary/aromatic N) is 1. The molecule has 120 valence electrons. The van der Waals surface area contributed by atoms with Crippen LogP contribution in [0.4, 0.5) is 13.2 Å². The van der Waals surface area contributed by atoms with E-state index >= 15 is 0 Å². The van der Waals surface area contributed by atoms with Gasteiger partial charge < -0.3 is 15.5 Å². The molecule has 1 aromatic rings. The molecular weight excluding hydrogens is 309 g/mol. The van der Waals surface area contributed by atoms with Gasteiger partial charge in [-0.1, -0.05) is 6.07 Å². The molecule has 0 aliphatic carbocycles. The predicted molar refractivity (Wildman–Crippen MR) is 74.5 cm³/mol. The Morgan fingerprint density at radius 3 is 2.43 bits per heavy atom. The molecule has 0 saturated carbocycles. The molecule has 0 spiro atoms. The lowest BCUT2D eigenvalue weighted by Gasteiger charge is -2.38. The highest BCUT2D eigenvalue weighted by Crippen LogP contribution is 2.38. The number of aliphatic hydroxyl groups is 1. The van der Waals surface area contributed by atoms with Gasteiger partial charge in [-0.3, -0.25) is 4.90 Å². The monoisotopic (exact) mass is 326 g/mol. The van der Waals surface area contributed by atoms with Gasteiger partial charge in [0.25, 0.3) is 5.92 Å². The molecule has 0 bridgehead atoms. The van der Waals surface area contributed by atoms with Crippen molar-refractivity contribution in [2.45, 2.75) is 12.0 Å². The smallest absolute Gasteiger partial charge is 0.290 e. The van der Waals surface area contributed by atoms with Crippen LogP contribution >= 0.6 is 12.4 Å². The van der Waals surface area contributed by atoms with Crippen LogP contribution in [0.15, 0.2) is 18.2 Å². The maximum atomic E-state index is 14.0. The first-order valence-corrected chi connectivity index (χ1v) is 6.37. The van der Waals surface area contributed by atoms with E-state index in [1.165, 1.54) is 11.0 Å². The third-order valence-corrected chi connectivity index (χ3v) is 3.41. The van der Waals surface area contributed by atoms with Crippen molar-refractivity contribution in [1.29, 1.82) is 0 Å². The van der Waals surface area contributed by atoms with Gasteiger partial charge in [-0.05, 0) is 6.07 Å². The quantitative estimate of drug-likeness (QED) is 0.785. The van der Waals surface area contributed by atoms with Gasteiger partial charge in [0.2, 0.25) is 0 Å². The number of halogens is 4. The minimum absolute atomic E-state index is 0. The zero-order valence-corrected chi connectivity index (χ0v) is 12.0. The molecule has 4 nitrogen and oxygen atoms in total. The van der Waals surface area contributed by atoms with Gasteiger partial charge in [-0.2, -0.15) is 0 Å². The van der Waals surface area contributed by atoms with Crippen LogP contribution in [0, 0.1) is 5.82 Å². The minimum atomic E-state index is -3.46. The van der Waals surface area contributed by atoms with E-state index in [-0.39, 0.29) is 23.7 Å². The summed E-state index contributed by atoms with van der Waals surface area (Å²) in [5.74, 6) is -4.69. The lowest BCUT2D eigenvalue weighted by Crippen LogP contribution is -2.51. The fourth-order valence-electron chi connectivity index (χ4n) is 2.46. The van der Waals surface area contributed by atoms with Crippen molar-refractivity contribution >= 4 is 12.4 Å². The van der Waals surface area contributed by atoms with Crippen LogP contribution < -0.4 is 5.32 Å². The number of benzene rings is 1. The van der Waals surface area contributed by atoms with Gasteiger partial charge in [0.1, 0.15) is 24.2 Å². The molecule has 0 unspecified atom stereocenters. The zero-order chi connectivity index (χ0) is 14.8. The molecule has 1 saturated heterocycles. The Kier molecular flexibility index (Phi) is 6.27. The Labute approximate surface area is 127 Å². The number of nitrogens with one attached hydrogen (secondary N) is 1. The van der Waals surface area contributed by atoms with Gasteiger partial charge in [0, 0.05) is 37.8 Å². The number of rotatable bonds is 4. The number of piperazine rings is 1. The fraction of sp³-hybridized carbons (Fsp3) is 0.538. The molecule has 0 amide bonds. The van der Waals surface area contributed by atoms with Crippen LogP contribution in [0.25, 0.3) is 0 Å². The average molecular weight is 327 g/mol. The second kappa shape index (κ2) is 7.31. The van der Waals surface area contributed by atoms with Crippen molar-refractivity contribution in [3.63, 3.8) is 0 Å². The number of phenols is 1. The molecule has 0 aromatic heterocycles. The summed E-state index contributed by atoms with van der Waals surface area (Å²) < 4.78 is 42.0. The topological polar surface area (TPSA) is 55.7 Å². The van der Waals surface area contributed by atoms with E-state index in [0.29, 0.717) is 26.2 Å². The molecule has 0 radical (unpaired) electrons.